The summed E-state index contributed by atoms with van der Waals surface area (Å²) in [7, 11) is -3.59. The van der Waals surface area contributed by atoms with Crippen LogP contribution in [0.1, 0.15) is 24.1 Å². The fourth-order valence-electron chi connectivity index (χ4n) is 1.88. The third-order valence-electron chi connectivity index (χ3n) is 2.93. The van der Waals surface area contributed by atoms with Gasteiger partial charge in [0.2, 0.25) is 10.0 Å². The molecule has 0 radical (unpaired) electrons. The standard InChI is InChI=1S/C11H14BrNO4S2/c1-7-9(6-10(12)18-7)19(16,17)13(8-2-3-8)5-4-11(14)15/h6,8H,2-5H2,1H3,(H,14,15). The molecule has 19 heavy (non-hydrogen) atoms. The Morgan fingerprint density at radius 3 is 2.63 bits per heavy atom. The lowest BCUT2D eigenvalue weighted by Gasteiger charge is -2.20. The van der Waals surface area contributed by atoms with Gasteiger partial charge < -0.3 is 5.11 Å². The Kier molecular flexibility index (Phi) is 4.34. The maximum atomic E-state index is 12.6. The van der Waals surface area contributed by atoms with E-state index in [2.05, 4.69) is 15.9 Å². The molecule has 1 aromatic rings. The summed E-state index contributed by atoms with van der Waals surface area (Å²) in [4.78, 5) is 11.6. The van der Waals surface area contributed by atoms with Crippen LogP contribution in [-0.4, -0.2) is 36.4 Å². The molecule has 1 aliphatic carbocycles. The number of aryl methyl sites for hydroxylation is 1. The van der Waals surface area contributed by atoms with Crippen molar-refractivity contribution in [2.75, 3.05) is 6.54 Å². The minimum atomic E-state index is -3.59. The zero-order valence-electron chi connectivity index (χ0n) is 10.3. The van der Waals surface area contributed by atoms with Crippen LogP contribution in [0.3, 0.4) is 0 Å². The largest absolute Gasteiger partial charge is 0.481 e. The Morgan fingerprint density at radius 1 is 1.58 bits per heavy atom. The average Bonchev–Trinajstić information content (AvgIpc) is 3.03. The van der Waals surface area contributed by atoms with Crippen LogP contribution in [0.5, 0.6) is 0 Å². The van der Waals surface area contributed by atoms with E-state index in [4.69, 9.17) is 5.11 Å². The van der Waals surface area contributed by atoms with Crippen LogP contribution in [0, 0.1) is 6.92 Å². The lowest BCUT2D eigenvalue weighted by molar-refractivity contribution is -0.137. The molecule has 0 unspecified atom stereocenters. The summed E-state index contributed by atoms with van der Waals surface area (Å²) in [6.07, 6.45) is 1.45. The van der Waals surface area contributed by atoms with E-state index < -0.39 is 16.0 Å². The smallest absolute Gasteiger partial charge is 0.304 e. The Hall–Kier alpha value is -0.440. The van der Waals surface area contributed by atoms with Crippen molar-refractivity contribution in [3.63, 3.8) is 0 Å². The van der Waals surface area contributed by atoms with Crippen LogP contribution in [-0.2, 0) is 14.8 Å². The van der Waals surface area contributed by atoms with E-state index in [9.17, 15) is 13.2 Å². The number of carboxylic acids is 1. The van der Waals surface area contributed by atoms with E-state index in [1.54, 1.807) is 13.0 Å². The predicted octanol–water partition coefficient (Wildman–Crippen LogP) is 2.45. The summed E-state index contributed by atoms with van der Waals surface area (Å²) in [6.45, 7) is 1.79. The number of rotatable bonds is 6. The molecule has 0 bridgehead atoms. The molecule has 1 aromatic heterocycles. The molecule has 0 aliphatic heterocycles. The molecule has 106 valence electrons. The summed E-state index contributed by atoms with van der Waals surface area (Å²) >= 11 is 4.65. The molecule has 1 saturated carbocycles. The summed E-state index contributed by atoms with van der Waals surface area (Å²) < 4.78 is 27.3. The molecule has 5 nitrogen and oxygen atoms in total. The van der Waals surface area contributed by atoms with E-state index >= 15 is 0 Å². The van der Waals surface area contributed by atoms with Crippen LogP contribution in [0.4, 0.5) is 0 Å². The topological polar surface area (TPSA) is 74.7 Å². The average molecular weight is 368 g/mol. The highest BCUT2D eigenvalue weighted by molar-refractivity contribution is 9.11. The summed E-state index contributed by atoms with van der Waals surface area (Å²) in [5.74, 6) is -0.982. The Balaban J connectivity index is 2.29. The maximum Gasteiger partial charge on any atom is 0.304 e. The van der Waals surface area contributed by atoms with Crippen molar-refractivity contribution in [3.8, 4) is 0 Å². The number of nitrogens with zero attached hydrogens (tertiary/aromatic N) is 1. The molecular weight excluding hydrogens is 354 g/mol. The zero-order chi connectivity index (χ0) is 14.2. The van der Waals surface area contributed by atoms with Gasteiger partial charge in [0.25, 0.3) is 0 Å². The summed E-state index contributed by atoms with van der Waals surface area (Å²) in [5.41, 5.74) is 0. The number of thiophene rings is 1. The first-order valence-corrected chi connectivity index (χ1v) is 8.87. The van der Waals surface area contributed by atoms with Crippen LogP contribution >= 0.6 is 27.3 Å². The van der Waals surface area contributed by atoms with Crippen molar-refractivity contribution in [2.24, 2.45) is 0 Å². The lowest BCUT2D eigenvalue weighted by atomic mass is 10.4. The Bertz CT molecular complexity index is 592. The molecule has 0 amide bonds. The van der Waals surface area contributed by atoms with Crippen LogP contribution < -0.4 is 0 Å². The van der Waals surface area contributed by atoms with Crippen molar-refractivity contribution in [1.82, 2.24) is 4.31 Å². The van der Waals surface area contributed by atoms with E-state index in [1.807, 2.05) is 0 Å². The van der Waals surface area contributed by atoms with Crippen LogP contribution in [0.15, 0.2) is 14.7 Å². The van der Waals surface area contributed by atoms with Crippen molar-refractivity contribution < 1.29 is 18.3 Å². The Labute approximate surface area is 124 Å². The number of aliphatic carboxylic acids is 1. The van der Waals surface area contributed by atoms with Gasteiger partial charge in [-0.3, -0.25) is 4.79 Å². The molecule has 1 N–H and O–H groups in total. The first-order chi connectivity index (χ1) is 8.82. The number of sulfonamides is 1. The molecule has 1 fully saturated rings. The van der Waals surface area contributed by atoms with Gasteiger partial charge in [0.15, 0.2) is 0 Å². The second kappa shape index (κ2) is 5.51. The summed E-state index contributed by atoms with van der Waals surface area (Å²) in [6, 6.07) is 1.55. The van der Waals surface area contributed by atoms with E-state index in [-0.39, 0.29) is 23.9 Å². The van der Waals surface area contributed by atoms with Crippen molar-refractivity contribution in [3.05, 3.63) is 14.7 Å². The normalized spacial score (nSPS) is 15.9. The second-order valence-electron chi connectivity index (χ2n) is 4.46. The number of carboxylic acid groups (broad SMARTS) is 1. The third kappa shape index (κ3) is 3.36. The van der Waals surface area contributed by atoms with Gasteiger partial charge in [-0.15, -0.1) is 11.3 Å². The highest BCUT2D eigenvalue weighted by Gasteiger charge is 2.39. The number of halogens is 1. The van der Waals surface area contributed by atoms with Crippen LogP contribution in [0.2, 0.25) is 0 Å². The van der Waals surface area contributed by atoms with E-state index in [0.29, 0.717) is 4.88 Å². The number of hydrogen-bond acceptors (Lipinski definition) is 4. The van der Waals surface area contributed by atoms with Gasteiger partial charge >= 0.3 is 5.97 Å². The van der Waals surface area contributed by atoms with Gasteiger partial charge in [-0.2, -0.15) is 4.31 Å². The maximum absolute atomic E-state index is 12.6. The van der Waals surface area contributed by atoms with Crippen molar-refractivity contribution in [2.45, 2.75) is 37.1 Å². The molecule has 1 heterocycles. The lowest BCUT2D eigenvalue weighted by Crippen LogP contribution is -2.35. The van der Waals surface area contributed by atoms with Gasteiger partial charge in [-0.05, 0) is 41.8 Å². The highest BCUT2D eigenvalue weighted by atomic mass is 79.9. The van der Waals surface area contributed by atoms with Crippen molar-refractivity contribution >= 4 is 43.3 Å². The molecule has 1 aliphatic rings. The van der Waals surface area contributed by atoms with Gasteiger partial charge in [-0.25, -0.2) is 8.42 Å². The second-order valence-corrected chi connectivity index (χ2v) is 8.96. The van der Waals surface area contributed by atoms with Gasteiger partial charge in [0, 0.05) is 17.5 Å². The Morgan fingerprint density at radius 2 is 2.21 bits per heavy atom. The fraction of sp³-hybridized carbons (Fsp3) is 0.545. The van der Waals surface area contributed by atoms with Crippen LogP contribution in [0.25, 0.3) is 0 Å². The molecule has 2 rings (SSSR count). The fourth-order valence-corrected chi connectivity index (χ4v) is 5.95. The minimum Gasteiger partial charge on any atom is -0.481 e. The zero-order valence-corrected chi connectivity index (χ0v) is 13.5. The summed E-state index contributed by atoms with van der Waals surface area (Å²) in [5, 5.41) is 8.73. The van der Waals surface area contributed by atoms with Crippen molar-refractivity contribution in [1.29, 1.82) is 0 Å². The van der Waals surface area contributed by atoms with Gasteiger partial charge in [0.1, 0.15) is 0 Å². The van der Waals surface area contributed by atoms with Gasteiger partial charge in [-0.1, -0.05) is 0 Å². The highest BCUT2D eigenvalue weighted by Crippen LogP contribution is 2.36. The monoisotopic (exact) mass is 367 g/mol. The molecule has 8 heteroatoms. The quantitative estimate of drug-likeness (QED) is 0.837. The number of hydrogen-bond donors (Lipinski definition) is 1. The molecule has 0 spiro atoms. The first kappa shape index (κ1) is 15.0. The van der Waals surface area contributed by atoms with Gasteiger partial charge in [0.05, 0.1) is 15.1 Å². The number of carbonyl (C=O) groups is 1. The SMILES string of the molecule is Cc1sc(Br)cc1S(=O)(=O)N(CCC(=O)O)C1CC1. The molecular formula is C11H14BrNO4S2. The predicted molar refractivity (Wildman–Crippen MR) is 75.9 cm³/mol. The molecule has 0 atom stereocenters. The molecule has 0 saturated heterocycles. The minimum absolute atomic E-state index is 0.0369. The van der Waals surface area contributed by atoms with E-state index in [0.717, 1.165) is 16.6 Å². The van der Waals surface area contributed by atoms with E-state index in [1.165, 1.54) is 15.6 Å². The first-order valence-electron chi connectivity index (χ1n) is 5.82. The molecule has 0 aromatic carbocycles. The third-order valence-corrected chi connectivity index (χ3v) is 6.69.